The average molecular weight is 374 g/mol. The molecule has 0 atom stereocenters. The number of hydrogen-bond acceptors (Lipinski definition) is 2. The van der Waals surface area contributed by atoms with Crippen molar-refractivity contribution >= 4 is 28.5 Å². The van der Waals surface area contributed by atoms with E-state index in [0.29, 0.717) is 0 Å². The van der Waals surface area contributed by atoms with Gasteiger partial charge in [-0.2, -0.15) is 0 Å². The molecule has 2 nitrogen and oxygen atoms in total. The van der Waals surface area contributed by atoms with Crippen LogP contribution in [0.1, 0.15) is 0 Å². The van der Waals surface area contributed by atoms with E-state index in [9.17, 15) is 0 Å². The molecule has 0 saturated carbocycles. The number of benzene rings is 3. The third-order valence-corrected chi connectivity index (χ3v) is 11.7. The molecule has 98 valence electrons. The van der Waals surface area contributed by atoms with Crippen LogP contribution >= 0.6 is 0 Å². The maximum atomic E-state index is 6.50. The predicted octanol–water partition coefficient (Wildman–Crippen LogP) is 2.96. The summed E-state index contributed by atoms with van der Waals surface area (Å²) in [5.41, 5.74) is 2.48. The zero-order valence-electron chi connectivity index (χ0n) is 11.2. The zero-order valence-corrected chi connectivity index (χ0v) is 14.5. The number of rotatable bonds is 0. The monoisotopic (exact) mass is 374 g/mol. The molecule has 0 unspecified atom stereocenters. The van der Waals surface area contributed by atoms with Crippen molar-refractivity contribution < 1.29 is 7.59 Å². The Balaban J connectivity index is 1.85. The fraction of sp³-hybridized carbons (Fsp3) is 0. The summed E-state index contributed by atoms with van der Waals surface area (Å²) in [6.45, 7) is 0. The second-order valence-electron chi connectivity index (χ2n) is 5.35. The summed E-state index contributed by atoms with van der Waals surface area (Å²) in [7, 11) is 0. The Labute approximate surface area is 131 Å². The van der Waals surface area contributed by atoms with Crippen molar-refractivity contribution in [3.05, 3.63) is 66.7 Å². The molecule has 2 aliphatic rings. The molecule has 21 heavy (non-hydrogen) atoms. The molecular weight excluding hydrogens is 363 g/mol. The minimum atomic E-state index is -2.55. The molecule has 3 aromatic rings. The van der Waals surface area contributed by atoms with Gasteiger partial charge in [-0.15, -0.1) is 0 Å². The molecule has 0 N–H and O–H groups in total. The quantitative estimate of drug-likeness (QED) is 0.603. The van der Waals surface area contributed by atoms with E-state index in [2.05, 4.69) is 48.5 Å². The third kappa shape index (κ3) is 1.61. The van der Waals surface area contributed by atoms with E-state index >= 15 is 0 Å². The van der Waals surface area contributed by atoms with Crippen LogP contribution < -0.4 is 14.2 Å². The Hall–Kier alpha value is -1.87. The van der Waals surface area contributed by atoms with Gasteiger partial charge in [0.05, 0.1) is 0 Å². The summed E-state index contributed by atoms with van der Waals surface area (Å²) in [6.07, 6.45) is 0. The van der Waals surface area contributed by atoms with E-state index in [1.807, 2.05) is 18.2 Å². The van der Waals surface area contributed by atoms with Gasteiger partial charge in [0, 0.05) is 0 Å². The first-order chi connectivity index (χ1) is 10.4. The van der Waals surface area contributed by atoms with E-state index in [1.54, 1.807) is 0 Å². The second kappa shape index (κ2) is 4.31. The number of para-hydroxylation sites is 2. The van der Waals surface area contributed by atoms with Gasteiger partial charge in [-0.05, 0) is 0 Å². The van der Waals surface area contributed by atoms with Gasteiger partial charge in [0.15, 0.2) is 0 Å². The van der Waals surface area contributed by atoms with Gasteiger partial charge in [-0.25, -0.2) is 0 Å². The van der Waals surface area contributed by atoms with Crippen LogP contribution in [0.3, 0.4) is 0 Å². The molecular formula is C18H11InO2. The molecule has 0 fully saturated rings. The second-order valence-corrected chi connectivity index (χ2v) is 11.6. The fourth-order valence-electron chi connectivity index (χ4n) is 3.24. The molecule has 3 heteroatoms. The van der Waals surface area contributed by atoms with Crippen LogP contribution in [0.4, 0.5) is 0 Å². The van der Waals surface area contributed by atoms with Crippen molar-refractivity contribution in [2.75, 3.05) is 0 Å². The van der Waals surface area contributed by atoms with Gasteiger partial charge < -0.3 is 0 Å². The molecule has 0 bridgehead atoms. The van der Waals surface area contributed by atoms with E-state index in [0.717, 1.165) is 17.2 Å². The van der Waals surface area contributed by atoms with Crippen molar-refractivity contribution in [3.63, 3.8) is 0 Å². The van der Waals surface area contributed by atoms with E-state index in [1.165, 1.54) is 17.8 Å². The Morgan fingerprint density at radius 2 is 1.33 bits per heavy atom. The van der Waals surface area contributed by atoms with Crippen molar-refractivity contribution in [2.45, 2.75) is 0 Å². The molecule has 0 aliphatic carbocycles. The summed E-state index contributed by atoms with van der Waals surface area (Å²) < 4.78 is 15.3. The molecule has 0 aromatic heterocycles. The maximum absolute atomic E-state index is 6.50. The molecule has 0 radical (unpaired) electrons. The molecule has 0 saturated heterocycles. The fourth-order valence-corrected chi connectivity index (χ4v) is 10.8. The van der Waals surface area contributed by atoms with Gasteiger partial charge in [-0.1, -0.05) is 0 Å². The number of fused-ring (bicyclic) bond motifs is 4. The summed E-state index contributed by atoms with van der Waals surface area (Å²) in [5, 5.41) is 0. The Morgan fingerprint density at radius 3 is 2.29 bits per heavy atom. The van der Waals surface area contributed by atoms with E-state index in [-0.39, 0.29) is 0 Å². The van der Waals surface area contributed by atoms with Gasteiger partial charge in [-0.3, -0.25) is 0 Å². The zero-order chi connectivity index (χ0) is 13.8. The van der Waals surface area contributed by atoms with Crippen molar-refractivity contribution in [1.82, 2.24) is 0 Å². The van der Waals surface area contributed by atoms with Gasteiger partial charge in [0.25, 0.3) is 0 Å². The van der Waals surface area contributed by atoms with Gasteiger partial charge in [0.2, 0.25) is 0 Å². The topological polar surface area (TPSA) is 18.5 Å². The van der Waals surface area contributed by atoms with Gasteiger partial charge in [0.1, 0.15) is 0 Å². The van der Waals surface area contributed by atoms with E-state index < -0.39 is 21.9 Å². The average Bonchev–Trinajstić information content (AvgIpc) is 2.55. The predicted molar refractivity (Wildman–Crippen MR) is 84.0 cm³/mol. The van der Waals surface area contributed by atoms with Crippen LogP contribution in [0.25, 0.3) is 11.1 Å². The van der Waals surface area contributed by atoms with Gasteiger partial charge >= 0.3 is 131 Å². The normalized spacial score (nSPS) is 13.4. The molecule has 0 amide bonds. The number of ether oxygens (including phenoxy) is 1. The first-order valence-corrected chi connectivity index (χ1v) is 11.7. The Bertz CT molecular complexity index is 873. The summed E-state index contributed by atoms with van der Waals surface area (Å²) in [6, 6.07) is 23.0. The molecule has 2 aliphatic heterocycles. The molecule has 0 spiro atoms. The van der Waals surface area contributed by atoms with Crippen LogP contribution in [0, 0.1) is 0 Å². The van der Waals surface area contributed by atoms with Crippen LogP contribution in [0.15, 0.2) is 66.7 Å². The SMILES string of the molecule is c1ccc2c(c1)[O][In]1[c]3ccccc3Oc3cccc-2[c]31. The standard InChI is InChI=1S/C18H12O2.In/c19-18-12-5-4-11-17(18)14-7-6-10-16(13-14)20-15-8-2-1-3-9-15;/h1-8,10-12,19H;/q;+1/p-1. The minimum absolute atomic E-state index is 0.974. The Kier molecular flexibility index (Phi) is 2.41. The van der Waals surface area contributed by atoms with Crippen molar-refractivity contribution in [2.24, 2.45) is 0 Å². The number of hydrogen-bond donors (Lipinski definition) is 0. The first kappa shape index (κ1) is 11.8. The first-order valence-electron chi connectivity index (χ1n) is 7.07. The molecule has 5 rings (SSSR count). The summed E-state index contributed by atoms with van der Waals surface area (Å²) in [4.78, 5) is 0. The van der Waals surface area contributed by atoms with Crippen LogP contribution in [-0.4, -0.2) is 21.9 Å². The Morgan fingerprint density at radius 1 is 0.619 bits per heavy atom. The van der Waals surface area contributed by atoms with E-state index in [4.69, 9.17) is 7.59 Å². The van der Waals surface area contributed by atoms with Crippen molar-refractivity contribution in [3.8, 4) is 28.4 Å². The summed E-state index contributed by atoms with van der Waals surface area (Å²) >= 11 is -2.55. The molecule has 3 aromatic carbocycles. The van der Waals surface area contributed by atoms with Crippen LogP contribution in [0.2, 0.25) is 0 Å². The summed E-state index contributed by atoms with van der Waals surface area (Å²) in [5.74, 6) is 2.99. The van der Waals surface area contributed by atoms with Crippen LogP contribution in [0.5, 0.6) is 17.2 Å². The molecule has 2 heterocycles. The van der Waals surface area contributed by atoms with Crippen molar-refractivity contribution in [1.29, 1.82) is 0 Å². The third-order valence-electron chi connectivity index (χ3n) is 4.17. The van der Waals surface area contributed by atoms with Crippen LogP contribution in [-0.2, 0) is 0 Å².